The second-order valence-electron chi connectivity index (χ2n) is 13.6. The first kappa shape index (κ1) is 26.1. The summed E-state index contributed by atoms with van der Waals surface area (Å²) in [7, 11) is 0. The van der Waals surface area contributed by atoms with Crippen molar-refractivity contribution in [2.75, 3.05) is 6.61 Å². The van der Waals surface area contributed by atoms with Crippen molar-refractivity contribution in [2.24, 2.45) is 39.4 Å². The van der Waals surface area contributed by atoms with Crippen LogP contribution in [0.3, 0.4) is 0 Å². The fourth-order valence-corrected chi connectivity index (χ4v) is 9.24. The molecule has 4 heteroatoms. The van der Waals surface area contributed by atoms with Gasteiger partial charge in [-0.1, -0.05) is 58.8 Å². The van der Waals surface area contributed by atoms with E-state index in [4.69, 9.17) is 0 Å². The van der Waals surface area contributed by atoms with Crippen molar-refractivity contribution in [3.63, 3.8) is 0 Å². The van der Waals surface area contributed by atoms with Gasteiger partial charge in [-0.2, -0.15) is 0 Å². The molecular formula is C30H48O4. The number of aliphatic hydroxyl groups excluding tert-OH is 3. The van der Waals surface area contributed by atoms with Gasteiger partial charge in [0, 0.05) is 12.0 Å². The third kappa shape index (κ3) is 3.53. The Morgan fingerprint density at radius 3 is 2.44 bits per heavy atom. The van der Waals surface area contributed by atoms with Gasteiger partial charge >= 0.3 is 0 Å². The minimum Gasteiger partial charge on any atom is -0.393 e. The highest BCUT2D eigenvalue weighted by Gasteiger charge is 2.65. The van der Waals surface area contributed by atoms with Gasteiger partial charge in [0.05, 0.1) is 18.8 Å². The van der Waals surface area contributed by atoms with Crippen LogP contribution in [0.5, 0.6) is 0 Å². The molecule has 0 heterocycles. The van der Waals surface area contributed by atoms with Crippen molar-refractivity contribution in [3.05, 3.63) is 22.8 Å². The minimum absolute atomic E-state index is 0.0140. The number of carbonyl (C=O) groups excluding carboxylic acids is 1. The highest BCUT2D eigenvalue weighted by Crippen LogP contribution is 2.71. The number of allylic oxidation sites excluding steroid dienone is 2. The Kier molecular flexibility index (Phi) is 6.57. The molecule has 0 radical (unpaired) electrons. The van der Waals surface area contributed by atoms with Gasteiger partial charge in [0.1, 0.15) is 0 Å². The fourth-order valence-electron chi connectivity index (χ4n) is 9.24. The van der Waals surface area contributed by atoms with Crippen LogP contribution in [-0.2, 0) is 4.79 Å². The van der Waals surface area contributed by atoms with Crippen molar-refractivity contribution in [1.82, 2.24) is 0 Å². The quantitative estimate of drug-likeness (QED) is 0.455. The van der Waals surface area contributed by atoms with Crippen LogP contribution >= 0.6 is 0 Å². The Labute approximate surface area is 206 Å². The second-order valence-corrected chi connectivity index (χ2v) is 13.6. The molecule has 0 unspecified atom stereocenters. The molecule has 0 aromatic heterocycles. The van der Waals surface area contributed by atoms with Crippen LogP contribution in [0.25, 0.3) is 0 Å². The van der Waals surface area contributed by atoms with Gasteiger partial charge in [-0.05, 0) is 91.3 Å². The Balaban J connectivity index is 1.70. The summed E-state index contributed by atoms with van der Waals surface area (Å²) in [5.74, 6) is 1.06. The maximum absolute atomic E-state index is 14.0. The number of carbonyl (C=O) groups is 1. The molecular weight excluding hydrogens is 424 g/mol. The van der Waals surface area contributed by atoms with E-state index in [1.807, 2.05) is 13.0 Å². The molecule has 0 aromatic carbocycles. The molecule has 4 aliphatic rings. The minimum atomic E-state index is -0.468. The van der Waals surface area contributed by atoms with Gasteiger partial charge in [-0.25, -0.2) is 0 Å². The summed E-state index contributed by atoms with van der Waals surface area (Å²) in [5.41, 5.74) is 2.95. The molecule has 3 N–H and O–H groups in total. The van der Waals surface area contributed by atoms with Crippen LogP contribution in [0, 0.1) is 39.4 Å². The monoisotopic (exact) mass is 472 g/mol. The first-order chi connectivity index (χ1) is 15.7. The molecule has 34 heavy (non-hydrogen) atoms. The van der Waals surface area contributed by atoms with Crippen molar-refractivity contribution in [2.45, 2.75) is 112 Å². The Morgan fingerprint density at radius 2 is 1.79 bits per heavy atom. The van der Waals surface area contributed by atoms with Crippen LogP contribution in [0.1, 0.15) is 99.8 Å². The summed E-state index contributed by atoms with van der Waals surface area (Å²) >= 11 is 0. The van der Waals surface area contributed by atoms with E-state index in [-0.39, 0.29) is 40.3 Å². The number of hydrogen-bond acceptors (Lipinski definition) is 4. The molecule has 0 spiro atoms. The topological polar surface area (TPSA) is 77.8 Å². The predicted octanol–water partition coefficient (Wildman–Crippen LogP) is 5.60. The normalized spacial score (nSPS) is 43.8. The molecule has 4 nitrogen and oxygen atoms in total. The molecule has 192 valence electrons. The summed E-state index contributed by atoms with van der Waals surface area (Å²) in [6.07, 6.45) is 8.11. The van der Waals surface area contributed by atoms with Gasteiger partial charge in [0.2, 0.25) is 0 Å². The highest BCUT2D eigenvalue weighted by molar-refractivity contribution is 6.00. The zero-order valence-corrected chi connectivity index (χ0v) is 22.6. The third-order valence-electron chi connectivity index (χ3n) is 11.7. The maximum atomic E-state index is 14.0. The molecule has 0 saturated heterocycles. The molecule has 4 rings (SSSR count). The van der Waals surface area contributed by atoms with Gasteiger partial charge in [0.15, 0.2) is 5.78 Å². The Bertz CT molecular complexity index is 899. The molecule has 0 bridgehead atoms. The number of aliphatic hydroxyl groups is 3. The fraction of sp³-hybridized carbons (Fsp3) is 0.833. The summed E-state index contributed by atoms with van der Waals surface area (Å²) in [6.45, 7) is 15.5. The van der Waals surface area contributed by atoms with E-state index >= 15 is 0 Å². The molecule has 4 aliphatic carbocycles. The van der Waals surface area contributed by atoms with E-state index in [0.717, 1.165) is 49.7 Å². The summed E-state index contributed by atoms with van der Waals surface area (Å²) in [5, 5.41) is 31.1. The van der Waals surface area contributed by atoms with Crippen LogP contribution in [-0.4, -0.2) is 39.9 Å². The SMILES string of the molecule is C/C(=C\C[C@@H](O)[C@@H](C)[C@@H]1CC[C@]2(C)C3=C(C(=O)C[C@@]12C)[C@@]1(C)CC[C@H](O)C(C)(C)[C@@H]1CC3)CO. The molecule has 2 saturated carbocycles. The standard InChI is InChI=1S/C30H48O4/c1-18(17-31)8-10-22(32)19(2)20-12-15-29(6)21-9-11-24-27(3,4)25(34)13-14-28(24,5)26(21)23(33)16-30(20,29)7/h8,19-20,22,24-25,31-32,34H,9-17H2,1-7H3/b18-8+/t19-,20-,22+,24-,25-,28-,29+,30-/m0/s1. The molecule has 0 aliphatic heterocycles. The van der Waals surface area contributed by atoms with E-state index in [1.165, 1.54) is 5.57 Å². The van der Waals surface area contributed by atoms with Crippen LogP contribution in [0.4, 0.5) is 0 Å². The van der Waals surface area contributed by atoms with E-state index in [0.29, 0.717) is 30.5 Å². The van der Waals surface area contributed by atoms with Crippen molar-refractivity contribution >= 4 is 5.78 Å². The average molecular weight is 473 g/mol. The first-order valence-electron chi connectivity index (χ1n) is 13.6. The number of Topliss-reactive ketones (excluding diaryl/α,β-unsaturated/α-hetero) is 1. The zero-order valence-electron chi connectivity index (χ0n) is 22.6. The van der Waals surface area contributed by atoms with Crippen LogP contribution in [0.15, 0.2) is 22.8 Å². The van der Waals surface area contributed by atoms with Crippen molar-refractivity contribution < 1.29 is 20.1 Å². The Hall–Kier alpha value is -0.970. The number of fused-ring (bicyclic) bond motifs is 4. The number of rotatable bonds is 5. The van der Waals surface area contributed by atoms with Gasteiger partial charge in [-0.15, -0.1) is 0 Å². The molecule has 0 amide bonds. The first-order valence-corrected chi connectivity index (χ1v) is 13.6. The summed E-state index contributed by atoms with van der Waals surface area (Å²) < 4.78 is 0. The number of hydrogen-bond donors (Lipinski definition) is 3. The largest absolute Gasteiger partial charge is 0.393 e. The summed E-state index contributed by atoms with van der Waals surface area (Å²) in [4.78, 5) is 14.0. The average Bonchev–Trinajstić information content (AvgIpc) is 3.05. The highest BCUT2D eigenvalue weighted by atomic mass is 16.3. The molecule has 2 fully saturated rings. The second kappa shape index (κ2) is 8.56. The van der Waals surface area contributed by atoms with Gasteiger partial charge in [0.25, 0.3) is 0 Å². The van der Waals surface area contributed by atoms with Gasteiger partial charge in [-0.3, -0.25) is 4.79 Å². The van der Waals surface area contributed by atoms with Crippen LogP contribution < -0.4 is 0 Å². The lowest BCUT2D eigenvalue weighted by Crippen LogP contribution is -2.57. The van der Waals surface area contributed by atoms with E-state index < -0.39 is 6.10 Å². The third-order valence-corrected chi connectivity index (χ3v) is 11.7. The lowest BCUT2D eigenvalue weighted by Gasteiger charge is -2.61. The predicted molar refractivity (Wildman–Crippen MR) is 136 cm³/mol. The lowest BCUT2D eigenvalue weighted by atomic mass is 9.43. The van der Waals surface area contributed by atoms with Crippen molar-refractivity contribution in [1.29, 1.82) is 0 Å². The van der Waals surface area contributed by atoms with Crippen molar-refractivity contribution in [3.8, 4) is 0 Å². The lowest BCUT2D eigenvalue weighted by molar-refractivity contribution is -0.132. The van der Waals surface area contributed by atoms with E-state index in [2.05, 4.69) is 41.5 Å². The summed E-state index contributed by atoms with van der Waals surface area (Å²) in [6, 6.07) is 0. The number of ketones is 1. The van der Waals surface area contributed by atoms with E-state index in [9.17, 15) is 20.1 Å². The zero-order chi connectivity index (χ0) is 25.3. The molecule has 0 aromatic rings. The van der Waals surface area contributed by atoms with E-state index in [1.54, 1.807) is 0 Å². The smallest absolute Gasteiger partial charge is 0.159 e. The van der Waals surface area contributed by atoms with Crippen LogP contribution in [0.2, 0.25) is 0 Å². The van der Waals surface area contributed by atoms with Gasteiger partial charge < -0.3 is 15.3 Å². The Morgan fingerprint density at radius 1 is 1.12 bits per heavy atom. The molecule has 8 atom stereocenters. The maximum Gasteiger partial charge on any atom is 0.159 e.